The number of nitrogens with one attached hydrogen (secondary N) is 1. The molecule has 6 heteroatoms. The van der Waals surface area contributed by atoms with Crippen LogP contribution in [0.5, 0.6) is 0 Å². The van der Waals surface area contributed by atoms with Crippen molar-refractivity contribution in [3.8, 4) is 0 Å². The second kappa shape index (κ2) is 6.74. The molecule has 2 N–H and O–H groups in total. The van der Waals surface area contributed by atoms with Crippen molar-refractivity contribution < 1.29 is 14.7 Å². The van der Waals surface area contributed by atoms with Crippen LogP contribution in [-0.4, -0.2) is 52.6 Å². The van der Waals surface area contributed by atoms with Crippen molar-refractivity contribution in [3.63, 3.8) is 0 Å². The summed E-state index contributed by atoms with van der Waals surface area (Å²) in [4.78, 5) is 24.4. The highest BCUT2D eigenvalue weighted by molar-refractivity contribution is 7.98. The van der Waals surface area contributed by atoms with Gasteiger partial charge in [0.2, 0.25) is 0 Å². The quantitative estimate of drug-likeness (QED) is 0.783. The fraction of sp³-hybridized carbons (Fsp3) is 0.818. The van der Waals surface area contributed by atoms with Crippen molar-refractivity contribution in [2.24, 2.45) is 0 Å². The average Bonchev–Trinajstić information content (AvgIpc) is 2.77. The lowest BCUT2D eigenvalue weighted by Gasteiger charge is -2.25. The number of carbonyl (C=O) groups excluding carboxylic acids is 1. The van der Waals surface area contributed by atoms with Crippen LogP contribution in [0.4, 0.5) is 4.79 Å². The zero-order valence-corrected chi connectivity index (χ0v) is 11.1. The molecular formula is C11H20N2O3S. The zero-order valence-electron chi connectivity index (χ0n) is 10.3. The van der Waals surface area contributed by atoms with Crippen LogP contribution in [0.15, 0.2) is 0 Å². The van der Waals surface area contributed by atoms with Crippen molar-refractivity contribution in [1.29, 1.82) is 0 Å². The second-order valence-electron chi connectivity index (χ2n) is 4.20. The van der Waals surface area contributed by atoms with Crippen LogP contribution in [0.1, 0.15) is 26.2 Å². The molecule has 1 aliphatic rings. The lowest BCUT2D eigenvalue weighted by atomic mass is 10.2. The van der Waals surface area contributed by atoms with Crippen LogP contribution in [-0.2, 0) is 4.79 Å². The number of hydrogen-bond donors (Lipinski definition) is 2. The minimum absolute atomic E-state index is 0.118. The average molecular weight is 260 g/mol. The highest BCUT2D eigenvalue weighted by Gasteiger charge is 2.34. The highest BCUT2D eigenvalue weighted by atomic mass is 32.2. The van der Waals surface area contributed by atoms with E-state index in [-0.39, 0.29) is 12.1 Å². The van der Waals surface area contributed by atoms with Gasteiger partial charge in [-0.15, -0.1) is 0 Å². The normalized spacial score (nSPS) is 21.3. The summed E-state index contributed by atoms with van der Waals surface area (Å²) >= 11 is 1.68. The van der Waals surface area contributed by atoms with Crippen LogP contribution in [0.2, 0.25) is 0 Å². The van der Waals surface area contributed by atoms with Crippen LogP contribution in [0.25, 0.3) is 0 Å². The van der Waals surface area contributed by atoms with Gasteiger partial charge in [-0.2, -0.15) is 11.8 Å². The Hall–Kier alpha value is -0.910. The maximum absolute atomic E-state index is 11.9. The monoisotopic (exact) mass is 260 g/mol. The summed E-state index contributed by atoms with van der Waals surface area (Å²) in [7, 11) is 0. The van der Waals surface area contributed by atoms with Gasteiger partial charge >= 0.3 is 12.0 Å². The summed E-state index contributed by atoms with van der Waals surface area (Å²) in [6.45, 7) is 2.55. The van der Waals surface area contributed by atoms with Gasteiger partial charge in [-0.1, -0.05) is 6.92 Å². The number of thioether (sulfide) groups is 1. The maximum atomic E-state index is 11.9. The number of urea groups is 1. The number of rotatable bonds is 5. The number of carboxylic acid groups (broad SMARTS) is 1. The van der Waals surface area contributed by atoms with E-state index < -0.39 is 12.0 Å². The standard InChI is InChI=1S/C11H20N2O3S/c1-3-8(7-17-2)12-11(16)13-6-4-5-9(13)10(14)15/h8-9H,3-7H2,1-2H3,(H,12,16)(H,14,15)/t8?,9-/m1/s1. The van der Waals surface area contributed by atoms with E-state index in [9.17, 15) is 9.59 Å². The summed E-state index contributed by atoms with van der Waals surface area (Å²) in [6.07, 6.45) is 4.18. The SMILES string of the molecule is CCC(CSC)NC(=O)N1CCC[C@@H]1C(=O)O. The number of carboxylic acids is 1. The predicted octanol–water partition coefficient (Wildman–Crippen LogP) is 1.39. The number of aliphatic carboxylic acids is 1. The first-order valence-corrected chi connectivity index (χ1v) is 7.28. The number of hydrogen-bond acceptors (Lipinski definition) is 3. The van der Waals surface area contributed by atoms with Gasteiger partial charge in [0.25, 0.3) is 0 Å². The van der Waals surface area contributed by atoms with Gasteiger partial charge in [-0.3, -0.25) is 0 Å². The predicted molar refractivity (Wildman–Crippen MR) is 68.4 cm³/mol. The fourth-order valence-corrected chi connectivity index (χ4v) is 2.71. The lowest BCUT2D eigenvalue weighted by Crippen LogP contribution is -2.49. The van der Waals surface area contributed by atoms with Gasteiger partial charge in [0.1, 0.15) is 6.04 Å². The minimum atomic E-state index is -0.907. The first-order valence-electron chi connectivity index (χ1n) is 5.89. The first-order chi connectivity index (χ1) is 8.10. The Labute approximate surface area is 106 Å². The summed E-state index contributed by atoms with van der Waals surface area (Å²) in [6, 6.07) is -0.773. The third-order valence-electron chi connectivity index (χ3n) is 2.99. The van der Waals surface area contributed by atoms with Gasteiger partial charge in [0.05, 0.1) is 0 Å². The fourth-order valence-electron chi connectivity index (χ4n) is 1.99. The van der Waals surface area contributed by atoms with Gasteiger partial charge in [0.15, 0.2) is 0 Å². The summed E-state index contributed by atoms with van der Waals surface area (Å²) in [5, 5.41) is 11.9. The molecule has 1 rings (SSSR count). The molecule has 0 aromatic rings. The molecule has 1 aliphatic heterocycles. The molecule has 98 valence electrons. The third kappa shape index (κ3) is 3.80. The molecule has 1 saturated heterocycles. The van der Waals surface area contributed by atoms with Gasteiger partial charge in [-0.05, 0) is 25.5 Å². The van der Waals surface area contributed by atoms with E-state index in [1.807, 2.05) is 13.2 Å². The van der Waals surface area contributed by atoms with Gasteiger partial charge in [0, 0.05) is 18.3 Å². The molecule has 0 bridgehead atoms. The smallest absolute Gasteiger partial charge is 0.326 e. The summed E-state index contributed by atoms with van der Waals surface area (Å²) in [5.74, 6) is -0.0519. The summed E-state index contributed by atoms with van der Waals surface area (Å²) in [5.41, 5.74) is 0. The number of carbonyl (C=O) groups is 2. The van der Waals surface area contributed by atoms with Crippen molar-refractivity contribution in [2.75, 3.05) is 18.6 Å². The van der Waals surface area contributed by atoms with Crippen molar-refractivity contribution in [2.45, 2.75) is 38.3 Å². The second-order valence-corrected chi connectivity index (χ2v) is 5.11. The van der Waals surface area contributed by atoms with Gasteiger partial charge in [-0.25, -0.2) is 9.59 Å². The number of nitrogens with zero attached hydrogens (tertiary/aromatic N) is 1. The van der Waals surface area contributed by atoms with Gasteiger partial charge < -0.3 is 15.3 Å². The van der Waals surface area contributed by atoms with Crippen molar-refractivity contribution >= 4 is 23.8 Å². The van der Waals surface area contributed by atoms with E-state index in [0.29, 0.717) is 13.0 Å². The molecule has 0 aromatic carbocycles. The molecule has 1 fully saturated rings. The maximum Gasteiger partial charge on any atom is 0.326 e. The van der Waals surface area contributed by atoms with E-state index in [0.717, 1.165) is 18.6 Å². The molecule has 0 aliphatic carbocycles. The molecular weight excluding hydrogens is 240 g/mol. The Morgan fingerprint density at radius 2 is 2.29 bits per heavy atom. The number of amides is 2. The molecule has 1 heterocycles. The molecule has 2 atom stereocenters. The van der Waals surface area contributed by atoms with Crippen molar-refractivity contribution in [3.05, 3.63) is 0 Å². The Morgan fingerprint density at radius 3 is 2.82 bits per heavy atom. The first kappa shape index (κ1) is 14.2. The van der Waals surface area contributed by atoms with Crippen molar-refractivity contribution in [1.82, 2.24) is 10.2 Å². The van der Waals surface area contributed by atoms with E-state index in [4.69, 9.17) is 5.11 Å². The van der Waals surface area contributed by atoms with E-state index >= 15 is 0 Å². The van der Waals surface area contributed by atoms with Crippen LogP contribution in [0.3, 0.4) is 0 Å². The highest BCUT2D eigenvalue weighted by Crippen LogP contribution is 2.17. The topological polar surface area (TPSA) is 69.6 Å². The molecule has 0 radical (unpaired) electrons. The molecule has 17 heavy (non-hydrogen) atoms. The van der Waals surface area contributed by atoms with Crippen LogP contribution >= 0.6 is 11.8 Å². The molecule has 0 saturated carbocycles. The summed E-state index contributed by atoms with van der Waals surface area (Å²) < 4.78 is 0. The van der Waals surface area contributed by atoms with Crippen LogP contribution in [0, 0.1) is 0 Å². The molecule has 5 nitrogen and oxygen atoms in total. The van der Waals surface area contributed by atoms with E-state index in [1.165, 1.54) is 4.90 Å². The molecule has 2 amide bonds. The minimum Gasteiger partial charge on any atom is -0.480 e. The molecule has 1 unspecified atom stereocenters. The third-order valence-corrected chi connectivity index (χ3v) is 3.72. The van der Waals surface area contributed by atoms with E-state index in [2.05, 4.69) is 5.32 Å². The Balaban J connectivity index is 2.54. The molecule has 0 spiro atoms. The van der Waals surface area contributed by atoms with Crippen LogP contribution < -0.4 is 5.32 Å². The zero-order chi connectivity index (χ0) is 12.8. The molecule has 0 aromatic heterocycles. The Bertz CT molecular complexity index is 286. The Kier molecular flexibility index (Phi) is 5.61. The number of likely N-dealkylation sites (tertiary alicyclic amines) is 1. The largest absolute Gasteiger partial charge is 0.480 e. The Morgan fingerprint density at radius 1 is 1.59 bits per heavy atom. The van der Waals surface area contributed by atoms with E-state index in [1.54, 1.807) is 11.8 Å². The lowest BCUT2D eigenvalue weighted by molar-refractivity contribution is -0.141.